The molecule has 0 N–H and O–H groups in total. The SMILES string of the molecule is CC1(C)c2ccccc2-c2ccc(-c3cccc4cccc(-c5ccc(-c6nc(-c7ccc(-c8ccccc8)cc7)nc(-n7c8ccccc8c8ccccc87)n6)cc5)c34)cc21. The Hall–Kier alpha value is -7.95. The van der Waals surface area contributed by atoms with Gasteiger partial charge >= 0.3 is 0 Å². The van der Waals surface area contributed by atoms with E-state index in [4.69, 9.17) is 15.0 Å². The molecule has 11 aromatic rings. The molecule has 0 bridgehead atoms. The number of para-hydroxylation sites is 2. The van der Waals surface area contributed by atoms with E-state index in [0.29, 0.717) is 17.6 Å². The largest absolute Gasteiger partial charge is 0.278 e. The van der Waals surface area contributed by atoms with Gasteiger partial charge in [0.15, 0.2) is 11.6 Å². The summed E-state index contributed by atoms with van der Waals surface area (Å²) in [6, 6.07) is 73.8. The van der Waals surface area contributed by atoms with Crippen LogP contribution < -0.4 is 0 Å². The monoisotopic (exact) mass is 792 g/mol. The molecule has 2 heterocycles. The first-order chi connectivity index (χ1) is 30.5. The fourth-order valence-corrected chi connectivity index (χ4v) is 9.80. The van der Waals surface area contributed by atoms with Crippen LogP contribution in [0.1, 0.15) is 25.0 Å². The third-order valence-electron chi connectivity index (χ3n) is 12.9. The first-order valence-corrected chi connectivity index (χ1v) is 21.3. The summed E-state index contributed by atoms with van der Waals surface area (Å²) in [5.41, 5.74) is 16.4. The molecule has 1 aliphatic carbocycles. The van der Waals surface area contributed by atoms with Crippen LogP contribution in [0.25, 0.3) is 106 Å². The van der Waals surface area contributed by atoms with Gasteiger partial charge in [-0.15, -0.1) is 0 Å². The van der Waals surface area contributed by atoms with E-state index in [9.17, 15) is 0 Å². The molecule has 1 aliphatic rings. The van der Waals surface area contributed by atoms with Gasteiger partial charge in [0.25, 0.3) is 0 Å². The van der Waals surface area contributed by atoms with Gasteiger partial charge in [0, 0.05) is 27.3 Å². The molecule has 4 heteroatoms. The third kappa shape index (κ3) is 5.72. The molecule has 0 aliphatic heterocycles. The van der Waals surface area contributed by atoms with Crippen molar-refractivity contribution in [3.63, 3.8) is 0 Å². The van der Waals surface area contributed by atoms with Gasteiger partial charge in [-0.2, -0.15) is 9.97 Å². The van der Waals surface area contributed by atoms with Crippen molar-refractivity contribution >= 4 is 32.6 Å². The molecule has 2 aromatic heterocycles. The van der Waals surface area contributed by atoms with Crippen molar-refractivity contribution in [2.45, 2.75) is 19.3 Å². The summed E-state index contributed by atoms with van der Waals surface area (Å²) in [6.45, 7) is 4.70. The highest BCUT2D eigenvalue weighted by molar-refractivity contribution is 6.09. The van der Waals surface area contributed by atoms with E-state index >= 15 is 0 Å². The van der Waals surface area contributed by atoms with Gasteiger partial charge < -0.3 is 0 Å². The van der Waals surface area contributed by atoms with Crippen molar-refractivity contribution in [3.05, 3.63) is 217 Å². The average molecular weight is 793 g/mol. The third-order valence-corrected chi connectivity index (χ3v) is 12.9. The van der Waals surface area contributed by atoms with Crippen molar-refractivity contribution < 1.29 is 0 Å². The lowest BCUT2D eigenvalue weighted by atomic mass is 9.81. The summed E-state index contributed by atoms with van der Waals surface area (Å²) in [5, 5.41) is 4.77. The Kier molecular flexibility index (Phi) is 8.16. The summed E-state index contributed by atoms with van der Waals surface area (Å²) in [6.07, 6.45) is 0. The standard InChI is InChI=1S/C58H40N4/c1-58(2)50-23-9-6-18-46(50)47-35-34-43(36-51(47)58)45-22-13-17-40-16-12-21-44(54(40)45)39-28-32-42(33-29-39)56-59-55(41-30-26-38(27-31-41)37-14-4-3-5-15-37)60-57(61-56)62-52-24-10-7-19-48(52)49-20-8-11-25-53(49)62/h3-36H,1-2H3. The Morgan fingerprint density at radius 3 is 1.50 bits per heavy atom. The van der Waals surface area contributed by atoms with Crippen molar-refractivity contribution in [1.29, 1.82) is 0 Å². The lowest BCUT2D eigenvalue weighted by Crippen LogP contribution is -2.14. The van der Waals surface area contributed by atoms with Crippen LogP contribution in [-0.4, -0.2) is 19.5 Å². The Balaban J connectivity index is 0.979. The second-order valence-electron chi connectivity index (χ2n) is 16.8. The molecule has 4 nitrogen and oxygen atoms in total. The van der Waals surface area contributed by atoms with Crippen molar-refractivity contribution in [2.24, 2.45) is 0 Å². The minimum atomic E-state index is -0.0763. The Bertz CT molecular complexity index is 3470. The summed E-state index contributed by atoms with van der Waals surface area (Å²) < 4.78 is 2.17. The van der Waals surface area contributed by atoms with E-state index < -0.39 is 0 Å². The van der Waals surface area contributed by atoms with Crippen LogP contribution in [0, 0.1) is 0 Å². The molecular formula is C58H40N4. The number of aromatic nitrogens is 4. The van der Waals surface area contributed by atoms with Crippen molar-refractivity contribution in [2.75, 3.05) is 0 Å². The highest BCUT2D eigenvalue weighted by Crippen LogP contribution is 2.50. The van der Waals surface area contributed by atoms with Gasteiger partial charge in [-0.25, -0.2) is 4.98 Å². The van der Waals surface area contributed by atoms with Gasteiger partial charge in [0.2, 0.25) is 5.95 Å². The quantitative estimate of drug-likeness (QED) is 0.168. The zero-order chi connectivity index (χ0) is 41.4. The first-order valence-electron chi connectivity index (χ1n) is 21.3. The second-order valence-corrected chi connectivity index (χ2v) is 16.8. The molecule has 0 fully saturated rings. The highest BCUT2D eigenvalue weighted by atomic mass is 15.2. The predicted octanol–water partition coefficient (Wildman–Crippen LogP) is 14.8. The summed E-state index contributed by atoms with van der Waals surface area (Å²) in [5.74, 6) is 1.82. The Labute approximate surface area is 360 Å². The highest BCUT2D eigenvalue weighted by Gasteiger charge is 2.35. The van der Waals surface area contributed by atoms with Gasteiger partial charge in [-0.05, 0) is 84.6 Å². The summed E-state index contributed by atoms with van der Waals surface area (Å²) >= 11 is 0. The number of nitrogens with zero attached hydrogens (tertiary/aromatic N) is 4. The minimum Gasteiger partial charge on any atom is -0.278 e. The van der Waals surface area contributed by atoms with E-state index in [1.54, 1.807) is 0 Å². The summed E-state index contributed by atoms with van der Waals surface area (Å²) in [4.78, 5) is 15.6. The zero-order valence-electron chi connectivity index (χ0n) is 34.4. The van der Waals surface area contributed by atoms with Crippen molar-refractivity contribution in [1.82, 2.24) is 19.5 Å². The van der Waals surface area contributed by atoms with Crippen molar-refractivity contribution in [3.8, 4) is 73.2 Å². The van der Waals surface area contributed by atoms with E-state index in [1.165, 1.54) is 55.3 Å². The molecule has 0 saturated carbocycles. The van der Waals surface area contributed by atoms with E-state index in [-0.39, 0.29) is 5.41 Å². The van der Waals surface area contributed by atoms with Gasteiger partial charge in [-0.1, -0.05) is 202 Å². The molecule has 0 saturated heterocycles. The van der Waals surface area contributed by atoms with E-state index in [1.807, 2.05) is 6.07 Å². The maximum Gasteiger partial charge on any atom is 0.238 e. The lowest BCUT2D eigenvalue weighted by molar-refractivity contribution is 0.660. The fraction of sp³-hybridized carbons (Fsp3) is 0.0517. The molecule has 0 unspecified atom stereocenters. The van der Waals surface area contributed by atoms with Crippen LogP contribution in [0.15, 0.2) is 206 Å². The van der Waals surface area contributed by atoms with Gasteiger partial charge in [0.1, 0.15) is 0 Å². The maximum atomic E-state index is 5.24. The van der Waals surface area contributed by atoms with Crippen LogP contribution >= 0.6 is 0 Å². The van der Waals surface area contributed by atoms with Crippen LogP contribution in [0.3, 0.4) is 0 Å². The van der Waals surface area contributed by atoms with E-state index in [2.05, 4.69) is 219 Å². The van der Waals surface area contributed by atoms with Crippen LogP contribution in [-0.2, 0) is 5.41 Å². The number of rotatable bonds is 6. The van der Waals surface area contributed by atoms with Crippen LogP contribution in [0.5, 0.6) is 0 Å². The molecule has 0 spiro atoms. The smallest absolute Gasteiger partial charge is 0.238 e. The number of fused-ring (bicyclic) bond motifs is 7. The topological polar surface area (TPSA) is 43.6 Å². The molecule has 12 rings (SSSR count). The lowest BCUT2D eigenvalue weighted by Gasteiger charge is -2.22. The fourth-order valence-electron chi connectivity index (χ4n) is 9.80. The molecule has 0 amide bonds. The predicted molar refractivity (Wildman–Crippen MR) is 256 cm³/mol. The molecular weight excluding hydrogens is 753 g/mol. The molecule has 0 radical (unpaired) electrons. The number of hydrogen-bond acceptors (Lipinski definition) is 3. The molecule has 0 atom stereocenters. The zero-order valence-corrected chi connectivity index (χ0v) is 34.4. The van der Waals surface area contributed by atoms with Gasteiger partial charge in [0.05, 0.1) is 11.0 Å². The molecule has 9 aromatic carbocycles. The Morgan fingerprint density at radius 1 is 0.355 bits per heavy atom. The summed E-state index contributed by atoms with van der Waals surface area (Å²) in [7, 11) is 0. The first kappa shape index (κ1) is 35.9. The van der Waals surface area contributed by atoms with E-state index in [0.717, 1.165) is 44.1 Å². The van der Waals surface area contributed by atoms with Gasteiger partial charge in [-0.3, -0.25) is 4.57 Å². The maximum absolute atomic E-state index is 5.24. The molecule has 62 heavy (non-hydrogen) atoms. The molecule has 292 valence electrons. The normalized spacial score (nSPS) is 12.8. The van der Waals surface area contributed by atoms with Crippen LogP contribution in [0.4, 0.5) is 0 Å². The average Bonchev–Trinajstić information content (AvgIpc) is 3.79. The Morgan fingerprint density at radius 2 is 0.839 bits per heavy atom. The number of hydrogen-bond donors (Lipinski definition) is 0. The minimum absolute atomic E-state index is 0.0763. The number of benzene rings is 9. The van der Waals surface area contributed by atoms with Crippen LogP contribution in [0.2, 0.25) is 0 Å². The second kappa shape index (κ2) is 14.1.